The van der Waals surface area contributed by atoms with Crippen molar-refractivity contribution in [1.82, 2.24) is 10.2 Å². The first kappa shape index (κ1) is 34.7. The SMILES string of the molecule is CCC(C)NC(=O)C(Cc1ccccc1)N(Cc1ccc(Cl)cc1)C(=O)CN(c1ccc(C(C)C)cc1)S(=O)(=O)c1ccccc1. The largest absolute Gasteiger partial charge is 0.352 e. The average molecular weight is 660 g/mol. The molecule has 0 saturated carbocycles. The first-order valence-corrected chi connectivity index (χ1v) is 17.4. The van der Waals surface area contributed by atoms with Crippen LogP contribution in [0.15, 0.2) is 114 Å². The lowest BCUT2D eigenvalue weighted by Crippen LogP contribution is -2.54. The van der Waals surface area contributed by atoms with Gasteiger partial charge in [-0.05, 0) is 72.4 Å². The van der Waals surface area contributed by atoms with Crippen LogP contribution in [0.1, 0.15) is 56.7 Å². The van der Waals surface area contributed by atoms with Crippen molar-refractivity contribution in [3.05, 3.63) is 131 Å². The van der Waals surface area contributed by atoms with Gasteiger partial charge in [-0.3, -0.25) is 13.9 Å². The number of hydrogen-bond acceptors (Lipinski definition) is 4. The summed E-state index contributed by atoms with van der Waals surface area (Å²) in [6.07, 6.45) is 0.960. The lowest BCUT2D eigenvalue weighted by molar-refractivity contribution is -0.140. The highest BCUT2D eigenvalue weighted by Crippen LogP contribution is 2.27. The van der Waals surface area contributed by atoms with Gasteiger partial charge >= 0.3 is 0 Å². The maximum absolute atomic E-state index is 14.6. The summed E-state index contributed by atoms with van der Waals surface area (Å²) in [4.78, 5) is 30.0. The first-order valence-electron chi connectivity index (χ1n) is 15.6. The van der Waals surface area contributed by atoms with Crippen LogP contribution in [-0.2, 0) is 32.6 Å². The molecule has 4 aromatic rings. The summed E-state index contributed by atoms with van der Waals surface area (Å²) in [5, 5.41) is 3.60. The van der Waals surface area contributed by atoms with Crippen LogP contribution in [0.2, 0.25) is 5.02 Å². The second-order valence-electron chi connectivity index (χ2n) is 11.7. The number of carbonyl (C=O) groups is 2. The summed E-state index contributed by atoms with van der Waals surface area (Å²) >= 11 is 6.16. The third-order valence-electron chi connectivity index (χ3n) is 8.00. The van der Waals surface area contributed by atoms with E-state index in [0.29, 0.717) is 17.1 Å². The van der Waals surface area contributed by atoms with Crippen LogP contribution in [0.25, 0.3) is 0 Å². The van der Waals surface area contributed by atoms with Gasteiger partial charge in [-0.15, -0.1) is 0 Å². The molecule has 0 radical (unpaired) electrons. The Morgan fingerprint density at radius 3 is 1.93 bits per heavy atom. The van der Waals surface area contributed by atoms with E-state index in [1.54, 1.807) is 54.6 Å². The minimum atomic E-state index is -4.15. The molecule has 0 heterocycles. The molecule has 2 atom stereocenters. The summed E-state index contributed by atoms with van der Waals surface area (Å²) in [5.74, 6) is -0.575. The van der Waals surface area contributed by atoms with Gasteiger partial charge < -0.3 is 10.2 Å². The van der Waals surface area contributed by atoms with Gasteiger partial charge in [0.2, 0.25) is 11.8 Å². The maximum Gasteiger partial charge on any atom is 0.264 e. The first-order chi connectivity index (χ1) is 22.0. The minimum absolute atomic E-state index is 0.0651. The van der Waals surface area contributed by atoms with Crippen molar-refractivity contribution in [2.45, 2.75) is 70.0 Å². The molecular weight excluding hydrogens is 618 g/mol. The predicted octanol–water partition coefficient (Wildman–Crippen LogP) is 7.21. The normalized spacial score (nSPS) is 12.7. The molecule has 7 nitrogen and oxygen atoms in total. The van der Waals surface area contributed by atoms with E-state index in [0.717, 1.165) is 21.0 Å². The van der Waals surface area contributed by atoms with E-state index >= 15 is 0 Å². The summed E-state index contributed by atoms with van der Waals surface area (Å²) in [5.41, 5.74) is 3.03. The molecule has 242 valence electrons. The highest BCUT2D eigenvalue weighted by Gasteiger charge is 2.35. The van der Waals surface area contributed by atoms with Crippen LogP contribution in [0, 0.1) is 0 Å². The molecule has 2 unspecified atom stereocenters. The Kier molecular flexibility index (Phi) is 12.0. The van der Waals surface area contributed by atoms with Gasteiger partial charge in [0.1, 0.15) is 12.6 Å². The topological polar surface area (TPSA) is 86.8 Å². The molecule has 0 aliphatic rings. The second kappa shape index (κ2) is 15.9. The van der Waals surface area contributed by atoms with Gasteiger partial charge in [0.15, 0.2) is 0 Å². The van der Waals surface area contributed by atoms with Crippen LogP contribution in [0.4, 0.5) is 5.69 Å². The summed E-state index contributed by atoms with van der Waals surface area (Å²) < 4.78 is 29.4. The van der Waals surface area contributed by atoms with Crippen molar-refractivity contribution < 1.29 is 18.0 Å². The van der Waals surface area contributed by atoms with Crippen LogP contribution in [-0.4, -0.2) is 43.8 Å². The van der Waals surface area contributed by atoms with E-state index in [2.05, 4.69) is 19.2 Å². The van der Waals surface area contributed by atoms with E-state index in [1.165, 1.54) is 17.0 Å². The third kappa shape index (κ3) is 8.98. The molecule has 0 aliphatic carbocycles. The van der Waals surface area contributed by atoms with Crippen molar-refractivity contribution >= 4 is 39.1 Å². The Hall–Kier alpha value is -4.14. The maximum atomic E-state index is 14.6. The average Bonchev–Trinajstić information content (AvgIpc) is 3.06. The predicted molar refractivity (Wildman–Crippen MR) is 185 cm³/mol. The number of amides is 2. The number of benzene rings is 4. The molecule has 2 amide bonds. The quantitative estimate of drug-likeness (QED) is 0.155. The molecule has 9 heteroatoms. The summed E-state index contributed by atoms with van der Waals surface area (Å²) in [6, 6.07) is 30.8. The molecule has 0 fully saturated rings. The lowest BCUT2D eigenvalue weighted by Gasteiger charge is -2.34. The summed E-state index contributed by atoms with van der Waals surface area (Å²) in [6.45, 7) is 7.58. The zero-order valence-electron chi connectivity index (χ0n) is 26.8. The Morgan fingerprint density at radius 1 is 0.783 bits per heavy atom. The van der Waals surface area contributed by atoms with Gasteiger partial charge in [-0.1, -0.05) is 105 Å². The molecule has 4 rings (SSSR count). The fourth-order valence-electron chi connectivity index (χ4n) is 5.06. The van der Waals surface area contributed by atoms with Gasteiger partial charge in [-0.2, -0.15) is 0 Å². The van der Waals surface area contributed by atoms with Crippen molar-refractivity contribution in [3.8, 4) is 0 Å². The number of hydrogen-bond donors (Lipinski definition) is 1. The van der Waals surface area contributed by atoms with Gasteiger partial charge in [0.25, 0.3) is 10.0 Å². The number of rotatable bonds is 14. The van der Waals surface area contributed by atoms with Gasteiger partial charge in [0, 0.05) is 24.0 Å². The number of sulfonamides is 1. The lowest BCUT2D eigenvalue weighted by atomic mass is 10.0. The molecule has 0 aromatic heterocycles. The van der Waals surface area contributed by atoms with E-state index < -0.39 is 28.5 Å². The van der Waals surface area contributed by atoms with Crippen LogP contribution in [0.3, 0.4) is 0 Å². The number of halogens is 1. The van der Waals surface area contributed by atoms with Crippen LogP contribution in [0.5, 0.6) is 0 Å². The Bertz CT molecular complexity index is 1680. The zero-order chi connectivity index (χ0) is 33.3. The summed E-state index contributed by atoms with van der Waals surface area (Å²) in [7, 11) is -4.15. The van der Waals surface area contributed by atoms with Gasteiger partial charge in [0.05, 0.1) is 10.6 Å². The van der Waals surface area contributed by atoms with Gasteiger partial charge in [-0.25, -0.2) is 8.42 Å². The standard InChI is InChI=1S/C37H42ClN3O4S/c1-5-28(4)39-37(43)35(24-29-12-8-6-9-13-29)40(25-30-16-20-32(38)21-17-30)36(42)26-41(33-22-18-31(19-23-33)27(2)3)46(44,45)34-14-10-7-11-15-34/h6-23,27-28,35H,5,24-26H2,1-4H3,(H,39,43). The number of nitrogens with zero attached hydrogens (tertiary/aromatic N) is 2. The number of anilines is 1. The smallest absolute Gasteiger partial charge is 0.264 e. The molecule has 46 heavy (non-hydrogen) atoms. The van der Waals surface area contributed by atoms with Crippen molar-refractivity contribution in [3.63, 3.8) is 0 Å². The van der Waals surface area contributed by atoms with Crippen LogP contribution < -0.4 is 9.62 Å². The molecule has 0 saturated heterocycles. The Labute approximate surface area is 278 Å². The Morgan fingerprint density at radius 2 is 1.37 bits per heavy atom. The van der Waals surface area contributed by atoms with E-state index in [1.807, 2.05) is 56.3 Å². The van der Waals surface area contributed by atoms with E-state index in [4.69, 9.17) is 11.6 Å². The molecule has 0 aliphatic heterocycles. The molecule has 1 N–H and O–H groups in total. The molecule has 0 bridgehead atoms. The van der Waals surface area contributed by atoms with E-state index in [9.17, 15) is 18.0 Å². The van der Waals surface area contributed by atoms with Crippen molar-refractivity contribution in [2.75, 3.05) is 10.8 Å². The van der Waals surface area contributed by atoms with Crippen LogP contribution >= 0.6 is 11.6 Å². The fourth-order valence-corrected chi connectivity index (χ4v) is 6.62. The van der Waals surface area contributed by atoms with E-state index in [-0.39, 0.29) is 35.7 Å². The minimum Gasteiger partial charge on any atom is -0.352 e. The Balaban J connectivity index is 1.80. The number of nitrogens with one attached hydrogen (secondary N) is 1. The highest BCUT2D eigenvalue weighted by atomic mass is 35.5. The monoisotopic (exact) mass is 659 g/mol. The fraction of sp³-hybridized carbons (Fsp3) is 0.297. The second-order valence-corrected chi connectivity index (χ2v) is 14.0. The van der Waals surface area contributed by atoms with Crippen molar-refractivity contribution in [2.24, 2.45) is 0 Å². The zero-order valence-corrected chi connectivity index (χ0v) is 28.3. The van der Waals surface area contributed by atoms with Crippen molar-refractivity contribution in [1.29, 1.82) is 0 Å². The molecular formula is C37H42ClN3O4S. The number of carbonyl (C=O) groups excluding carboxylic acids is 2. The molecule has 4 aromatic carbocycles. The third-order valence-corrected chi connectivity index (χ3v) is 10.0. The molecule has 0 spiro atoms. The highest BCUT2D eigenvalue weighted by molar-refractivity contribution is 7.92.